The van der Waals surface area contributed by atoms with Crippen molar-refractivity contribution in [1.82, 2.24) is 0 Å². The minimum Gasteiger partial charge on any atom is -0.508 e. The van der Waals surface area contributed by atoms with E-state index >= 15 is 0 Å². The van der Waals surface area contributed by atoms with Gasteiger partial charge in [-0.2, -0.15) is 0 Å². The monoisotopic (exact) mass is 228 g/mol. The van der Waals surface area contributed by atoms with Gasteiger partial charge in [0.2, 0.25) is 0 Å². The molecule has 0 bridgehead atoms. The van der Waals surface area contributed by atoms with Crippen LogP contribution in [0, 0.1) is 0 Å². The van der Waals surface area contributed by atoms with Crippen LogP contribution in [0.1, 0.15) is 24.0 Å². The first-order valence-electron chi connectivity index (χ1n) is 5.64. The van der Waals surface area contributed by atoms with Crippen LogP contribution in [0.4, 0.5) is 0 Å². The molecule has 0 fully saturated rings. The number of rotatable bonds is 3. The summed E-state index contributed by atoms with van der Waals surface area (Å²) in [7, 11) is 1.65. The molecule has 0 saturated carbocycles. The van der Waals surface area contributed by atoms with Crippen molar-refractivity contribution in [3.63, 3.8) is 0 Å². The van der Waals surface area contributed by atoms with Gasteiger partial charge < -0.3 is 9.84 Å². The average molecular weight is 228 g/mol. The lowest BCUT2D eigenvalue weighted by molar-refractivity contribution is 0.414. The molecule has 0 aliphatic rings. The Hall–Kier alpha value is -1.96. The molecule has 1 unspecified atom stereocenters. The quantitative estimate of drug-likeness (QED) is 0.870. The van der Waals surface area contributed by atoms with Gasteiger partial charge in [0.1, 0.15) is 11.5 Å². The third kappa shape index (κ3) is 2.41. The molecule has 17 heavy (non-hydrogen) atoms. The second-order valence-corrected chi connectivity index (χ2v) is 4.05. The Kier molecular flexibility index (Phi) is 3.33. The molecule has 0 aromatic heterocycles. The molecule has 2 aromatic carbocycles. The van der Waals surface area contributed by atoms with Crippen molar-refractivity contribution in [2.45, 2.75) is 12.8 Å². The van der Waals surface area contributed by atoms with Crippen molar-refractivity contribution in [3.8, 4) is 11.5 Å². The van der Waals surface area contributed by atoms with Crippen LogP contribution in [-0.4, -0.2) is 12.2 Å². The number of phenolic OH excluding ortho intramolecular Hbond substituents is 1. The SMILES string of the molecule is COc1ccc(C(C)c2ccccc2O)cc1. The molecule has 2 aromatic rings. The van der Waals surface area contributed by atoms with E-state index in [2.05, 4.69) is 6.92 Å². The Bertz CT molecular complexity index is 489. The van der Waals surface area contributed by atoms with Crippen LogP contribution in [0.2, 0.25) is 0 Å². The first-order chi connectivity index (χ1) is 8.22. The number of benzene rings is 2. The van der Waals surface area contributed by atoms with Crippen molar-refractivity contribution in [3.05, 3.63) is 59.7 Å². The van der Waals surface area contributed by atoms with Gasteiger partial charge in [-0.15, -0.1) is 0 Å². The van der Waals surface area contributed by atoms with Gasteiger partial charge in [-0.3, -0.25) is 0 Å². The molecule has 2 nitrogen and oxygen atoms in total. The van der Waals surface area contributed by atoms with Gasteiger partial charge in [-0.1, -0.05) is 37.3 Å². The molecule has 0 radical (unpaired) electrons. The van der Waals surface area contributed by atoms with E-state index in [9.17, 15) is 5.11 Å². The Labute approximate surface area is 101 Å². The maximum atomic E-state index is 9.82. The van der Waals surface area contributed by atoms with Crippen molar-refractivity contribution < 1.29 is 9.84 Å². The number of para-hydroxylation sites is 1. The van der Waals surface area contributed by atoms with E-state index in [0.717, 1.165) is 16.9 Å². The number of phenols is 1. The van der Waals surface area contributed by atoms with Gasteiger partial charge in [0.05, 0.1) is 7.11 Å². The molecule has 0 spiro atoms. The predicted octanol–water partition coefficient (Wildman–Crippen LogP) is 3.55. The highest BCUT2D eigenvalue weighted by atomic mass is 16.5. The lowest BCUT2D eigenvalue weighted by Gasteiger charge is -2.14. The van der Waals surface area contributed by atoms with Gasteiger partial charge in [-0.25, -0.2) is 0 Å². The normalized spacial score (nSPS) is 12.1. The van der Waals surface area contributed by atoms with Gasteiger partial charge in [0, 0.05) is 11.5 Å². The number of hydrogen-bond donors (Lipinski definition) is 1. The predicted molar refractivity (Wildman–Crippen MR) is 68.6 cm³/mol. The van der Waals surface area contributed by atoms with Crippen LogP contribution in [0.25, 0.3) is 0 Å². The molecule has 2 rings (SSSR count). The third-order valence-corrected chi connectivity index (χ3v) is 3.02. The lowest BCUT2D eigenvalue weighted by Crippen LogP contribution is -1.96. The zero-order chi connectivity index (χ0) is 12.3. The molecule has 2 heteroatoms. The van der Waals surface area contributed by atoms with Crippen LogP contribution in [0.15, 0.2) is 48.5 Å². The summed E-state index contributed by atoms with van der Waals surface area (Å²) in [6, 6.07) is 15.4. The summed E-state index contributed by atoms with van der Waals surface area (Å²) in [6.45, 7) is 2.08. The van der Waals surface area contributed by atoms with Crippen LogP contribution in [-0.2, 0) is 0 Å². The van der Waals surface area contributed by atoms with Gasteiger partial charge in [0.25, 0.3) is 0 Å². The summed E-state index contributed by atoms with van der Waals surface area (Å²) in [5, 5.41) is 9.82. The van der Waals surface area contributed by atoms with Crippen molar-refractivity contribution in [2.75, 3.05) is 7.11 Å². The molecular formula is C15H16O2. The number of ether oxygens (including phenoxy) is 1. The third-order valence-electron chi connectivity index (χ3n) is 3.02. The highest BCUT2D eigenvalue weighted by Crippen LogP contribution is 2.31. The van der Waals surface area contributed by atoms with E-state index in [4.69, 9.17) is 4.74 Å². The molecular weight excluding hydrogens is 212 g/mol. The van der Waals surface area contributed by atoms with Crippen molar-refractivity contribution in [1.29, 1.82) is 0 Å². The summed E-state index contributed by atoms with van der Waals surface area (Å²) in [6.07, 6.45) is 0. The fraction of sp³-hybridized carbons (Fsp3) is 0.200. The number of methoxy groups -OCH3 is 1. The van der Waals surface area contributed by atoms with Crippen LogP contribution in [0.5, 0.6) is 11.5 Å². The Morgan fingerprint density at radius 2 is 1.65 bits per heavy atom. The van der Waals surface area contributed by atoms with E-state index in [1.807, 2.05) is 42.5 Å². The van der Waals surface area contributed by atoms with Crippen molar-refractivity contribution >= 4 is 0 Å². The standard InChI is InChI=1S/C15H16O2/c1-11(14-5-3-4-6-15(14)16)12-7-9-13(17-2)10-8-12/h3-11,16H,1-2H3. The number of hydrogen-bond acceptors (Lipinski definition) is 2. The first kappa shape index (κ1) is 11.5. The van der Waals surface area contributed by atoms with Crippen molar-refractivity contribution in [2.24, 2.45) is 0 Å². The topological polar surface area (TPSA) is 29.5 Å². The maximum absolute atomic E-state index is 9.82. The second-order valence-electron chi connectivity index (χ2n) is 4.05. The second kappa shape index (κ2) is 4.91. The molecule has 1 N–H and O–H groups in total. The first-order valence-corrected chi connectivity index (χ1v) is 5.64. The van der Waals surface area contributed by atoms with Crippen LogP contribution < -0.4 is 4.74 Å². The molecule has 88 valence electrons. The molecule has 0 saturated heterocycles. The zero-order valence-electron chi connectivity index (χ0n) is 10.1. The highest BCUT2D eigenvalue weighted by Gasteiger charge is 2.11. The van der Waals surface area contributed by atoms with Gasteiger partial charge in [-0.05, 0) is 23.8 Å². The summed E-state index contributed by atoms with van der Waals surface area (Å²) in [4.78, 5) is 0. The van der Waals surface area contributed by atoms with Crippen LogP contribution >= 0.6 is 0 Å². The molecule has 0 amide bonds. The summed E-state index contributed by atoms with van der Waals surface area (Å²) in [5.41, 5.74) is 2.10. The summed E-state index contributed by atoms with van der Waals surface area (Å²) >= 11 is 0. The van der Waals surface area contributed by atoms with E-state index in [-0.39, 0.29) is 5.92 Å². The summed E-state index contributed by atoms with van der Waals surface area (Å²) in [5.74, 6) is 1.36. The Balaban J connectivity index is 2.30. The number of aromatic hydroxyl groups is 1. The minimum atomic E-state index is 0.169. The van der Waals surface area contributed by atoms with Gasteiger partial charge in [0.15, 0.2) is 0 Å². The average Bonchev–Trinajstić information content (AvgIpc) is 2.39. The molecule has 0 aliphatic heterocycles. The van der Waals surface area contributed by atoms with Crippen LogP contribution in [0.3, 0.4) is 0 Å². The van der Waals surface area contributed by atoms with E-state index < -0.39 is 0 Å². The smallest absolute Gasteiger partial charge is 0.119 e. The van der Waals surface area contributed by atoms with E-state index in [0.29, 0.717) is 5.75 Å². The molecule has 0 aliphatic carbocycles. The fourth-order valence-electron chi connectivity index (χ4n) is 1.93. The van der Waals surface area contributed by atoms with E-state index in [1.165, 1.54) is 0 Å². The molecule has 0 heterocycles. The Morgan fingerprint density at radius 3 is 2.24 bits per heavy atom. The van der Waals surface area contributed by atoms with E-state index in [1.54, 1.807) is 13.2 Å². The maximum Gasteiger partial charge on any atom is 0.119 e. The lowest BCUT2D eigenvalue weighted by atomic mass is 9.92. The van der Waals surface area contributed by atoms with Gasteiger partial charge >= 0.3 is 0 Å². The summed E-state index contributed by atoms with van der Waals surface area (Å²) < 4.78 is 5.13. The molecule has 1 atom stereocenters. The fourth-order valence-corrected chi connectivity index (χ4v) is 1.93. The Morgan fingerprint density at radius 1 is 1.00 bits per heavy atom. The zero-order valence-corrected chi connectivity index (χ0v) is 10.1. The highest BCUT2D eigenvalue weighted by molar-refractivity contribution is 5.41. The largest absolute Gasteiger partial charge is 0.508 e. The minimum absolute atomic E-state index is 0.169.